The SMILES string of the molecule is Cc1cccc(CCC(=O)NC2CC2N)c1. The highest BCUT2D eigenvalue weighted by Gasteiger charge is 2.34. The van der Waals surface area contributed by atoms with Crippen LogP contribution in [0.3, 0.4) is 0 Å². The van der Waals surface area contributed by atoms with Crippen molar-refractivity contribution in [1.29, 1.82) is 0 Å². The lowest BCUT2D eigenvalue weighted by atomic mass is 10.1. The monoisotopic (exact) mass is 218 g/mol. The number of hydrogen-bond acceptors (Lipinski definition) is 2. The number of nitrogens with two attached hydrogens (primary N) is 1. The van der Waals surface area contributed by atoms with Gasteiger partial charge in [0.1, 0.15) is 0 Å². The molecule has 0 radical (unpaired) electrons. The van der Waals surface area contributed by atoms with Gasteiger partial charge in [0, 0.05) is 18.5 Å². The first-order valence-electron chi connectivity index (χ1n) is 5.75. The van der Waals surface area contributed by atoms with Crippen molar-refractivity contribution in [1.82, 2.24) is 5.32 Å². The van der Waals surface area contributed by atoms with Gasteiger partial charge in [-0.1, -0.05) is 29.8 Å². The maximum atomic E-state index is 11.5. The van der Waals surface area contributed by atoms with E-state index in [1.165, 1.54) is 11.1 Å². The lowest BCUT2D eigenvalue weighted by Gasteiger charge is -2.04. The van der Waals surface area contributed by atoms with E-state index in [9.17, 15) is 4.79 Å². The molecule has 86 valence electrons. The fraction of sp³-hybridized carbons (Fsp3) is 0.462. The summed E-state index contributed by atoms with van der Waals surface area (Å²) < 4.78 is 0. The molecule has 1 aromatic carbocycles. The van der Waals surface area contributed by atoms with E-state index in [-0.39, 0.29) is 18.0 Å². The average molecular weight is 218 g/mol. The molecular formula is C13H18N2O. The van der Waals surface area contributed by atoms with Crippen LogP contribution in [0.4, 0.5) is 0 Å². The third-order valence-electron chi connectivity index (χ3n) is 2.91. The van der Waals surface area contributed by atoms with Crippen molar-refractivity contribution in [2.75, 3.05) is 0 Å². The summed E-state index contributed by atoms with van der Waals surface area (Å²) in [6.07, 6.45) is 2.28. The molecule has 1 aliphatic carbocycles. The maximum absolute atomic E-state index is 11.5. The van der Waals surface area contributed by atoms with Crippen LogP contribution in [0.5, 0.6) is 0 Å². The van der Waals surface area contributed by atoms with E-state index in [0.717, 1.165) is 12.8 Å². The molecule has 0 saturated heterocycles. The second-order valence-corrected chi connectivity index (χ2v) is 4.56. The summed E-state index contributed by atoms with van der Waals surface area (Å²) in [5, 5.41) is 2.92. The maximum Gasteiger partial charge on any atom is 0.220 e. The molecule has 16 heavy (non-hydrogen) atoms. The number of aryl methyl sites for hydroxylation is 2. The fourth-order valence-electron chi connectivity index (χ4n) is 1.79. The van der Waals surface area contributed by atoms with Crippen LogP contribution in [-0.4, -0.2) is 18.0 Å². The van der Waals surface area contributed by atoms with Crippen LogP contribution in [0.15, 0.2) is 24.3 Å². The van der Waals surface area contributed by atoms with Crippen LogP contribution >= 0.6 is 0 Å². The molecule has 2 atom stereocenters. The van der Waals surface area contributed by atoms with Crippen molar-refractivity contribution in [3.8, 4) is 0 Å². The highest BCUT2D eigenvalue weighted by atomic mass is 16.1. The smallest absolute Gasteiger partial charge is 0.220 e. The first kappa shape index (κ1) is 11.1. The lowest BCUT2D eigenvalue weighted by Crippen LogP contribution is -2.29. The molecule has 0 spiro atoms. The average Bonchev–Trinajstić information content (AvgIpc) is 2.91. The van der Waals surface area contributed by atoms with E-state index in [1.807, 2.05) is 6.07 Å². The molecule has 0 heterocycles. The fourth-order valence-corrected chi connectivity index (χ4v) is 1.79. The van der Waals surface area contributed by atoms with Crippen molar-refractivity contribution in [3.63, 3.8) is 0 Å². The van der Waals surface area contributed by atoms with E-state index < -0.39 is 0 Å². The summed E-state index contributed by atoms with van der Waals surface area (Å²) in [5.41, 5.74) is 8.08. The van der Waals surface area contributed by atoms with Crippen LogP contribution in [0, 0.1) is 6.92 Å². The van der Waals surface area contributed by atoms with E-state index in [1.54, 1.807) is 0 Å². The molecule has 0 bridgehead atoms. The zero-order chi connectivity index (χ0) is 11.5. The zero-order valence-corrected chi connectivity index (χ0v) is 9.57. The van der Waals surface area contributed by atoms with Gasteiger partial charge in [0.2, 0.25) is 5.91 Å². The van der Waals surface area contributed by atoms with Gasteiger partial charge in [-0.3, -0.25) is 4.79 Å². The number of benzene rings is 1. The second kappa shape index (κ2) is 4.66. The van der Waals surface area contributed by atoms with Crippen LogP contribution in [0.2, 0.25) is 0 Å². The normalized spacial score (nSPS) is 22.9. The molecule has 3 heteroatoms. The second-order valence-electron chi connectivity index (χ2n) is 4.56. The topological polar surface area (TPSA) is 55.1 Å². The van der Waals surface area contributed by atoms with Crippen molar-refractivity contribution in [2.24, 2.45) is 5.73 Å². The Morgan fingerprint density at radius 2 is 2.31 bits per heavy atom. The first-order chi connectivity index (χ1) is 7.65. The molecule has 0 aromatic heterocycles. The van der Waals surface area contributed by atoms with Gasteiger partial charge in [-0.25, -0.2) is 0 Å². The Balaban J connectivity index is 1.76. The zero-order valence-electron chi connectivity index (χ0n) is 9.57. The standard InChI is InChI=1S/C13H18N2O/c1-9-3-2-4-10(7-9)5-6-13(16)15-12-8-11(12)14/h2-4,7,11-12H,5-6,8,14H2,1H3,(H,15,16). The third kappa shape index (κ3) is 3.07. The molecule has 1 fully saturated rings. The number of nitrogens with one attached hydrogen (secondary N) is 1. The van der Waals surface area contributed by atoms with Gasteiger partial charge in [-0.05, 0) is 25.3 Å². The van der Waals surface area contributed by atoms with E-state index in [0.29, 0.717) is 6.42 Å². The Kier molecular flexibility index (Phi) is 3.25. The van der Waals surface area contributed by atoms with Gasteiger partial charge in [0.15, 0.2) is 0 Å². The molecule has 0 aliphatic heterocycles. The lowest BCUT2D eigenvalue weighted by molar-refractivity contribution is -0.121. The Morgan fingerprint density at radius 1 is 1.56 bits per heavy atom. The largest absolute Gasteiger partial charge is 0.352 e. The van der Waals surface area contributed by atoms with Crippen LogP contribution in [-0.2, 0) is 11.2 Å². The summed E-state index contributed by atoms with van der Waals surface area (Å²) in [6.45, 7) is 2.06. The minimum atomic E-state index is 0.111. The molecule has 3 nitrogen and oxygen atoms in total. The first-order valence-corrected chi connectivity index (χ1v) is 5.75. The van der Waals surface area contributed by atoms with Crippen molar-refractivity contribution in [3.05, 3.63) is 35.4 Å². The third-order valence-corrected chi connectivity index (χ3v) is 2.91. The van der Waals surface area contributed by atoms with E-state index in [2.05, 4.69) is 30.4 Å². The van der Waals surface area contributed by atoms with E-state index in [4.69, 9.17) is 5.73 Å². The highest BCUT2D eigenvalue weighted by Crippen LogP contribution is 2.17. The van der Waals surface area contributed by atoms with Gasteiger partial charge in [0.05, 0.1) is 0 Å². The molecule has 1 aromatic rings. The summed E-state index contributed by atoms with van der Waals surface area (Å²) in [7, 11) is 0. The van der Waals surface area contributed by atoms with Crippen molar-refractivity contribution >= 4 is 5.91 Å². The number of carbonyl (C=O) groups is 1. The minimum absolute atomic E-state index is 0.111. The van der Waals surface area contributed by atoms with E-state index >= 15 is 0 Å². The Bertz CT molecular complexity index is 389. The van der Waals surface area contributed by atoms with Crippen LogP contribution in [0.25, 0.3) is 0 Å². The predicted molar refractivity (Wildman–Crippen MR) is 64.0 cm³/mol. The molecule has 2 rings (SSSR count). The van der Waals surface area contributed by atoms with Crippen molar-refractivity contribution < 1.29 is 4.79 Å². The number of hydrogen-bond donors (Lipinski definition) is 2. The Hall–Kier alpha value is -1.35. The van der Waals surface area contributed by atoms with Crippen LogP contribution < -0.4 is 11.1 Å². The van der Waals surface area contributed by atoms with Gasteiger partial charge in [0.25, 0.3) is 0 Å². The summed E-state index contributed by atoms with van der Waals surface area (Å²) in [6, 6.07) is 8.68. The van der Waals surface area contributed by atoms with Gasteiger partial charge in [-0.2, -0.15) is 0 Å². The van der Waals surface area contributed by atoms with Crippen molar-refractivity contribution in [2.45, 2.75) is 38.3 Å². The summed E-state index contributed by atoms with van der Waals surface area (Å²) >= 11 is 0. The highest BCUT2D eigenvalue weighted by molar-refractivity contribution is 5.77. The molecule has 3 N–H and O–H groups in total. The summed E-state index contributed by atoms with van der Waals surface area (Å²) in [4.78, 5) is 11.5. The minimum Gasteiger partial charge on any atom is -0.352 e. The number of rotatable bonds is 4. The van der Waals surface area contributed by atoms with Gasteiger partial charge >= 0.3 is 0 Å². The predicted octanol–water partition coefficient (Wildman–Crippen LogP) is 1.14. The molecular weight excluding hydrogens is 200 g/mol. The number of amides is 1. The number of carbonyl (C=O) groups excluding carboxylic acids is 1. The van der Waals surface area contributed by atoms with Gasteiger partial charge < -0.3 is 11.1 Å². The quantitative estimate of drug-likeness (QED) is 0.796. The Labute approximate surface area is 96.0 Å². The molecule has 2 unspecified atom stereocenters. The van der Waals surface area contributed by atoms with Gasteiger partial charge in [-0.15, -0.1) is 0 Å². The Morgan fingerprint density at radius 3 is 2.94 bits per heavy atom. The summed E-state index contributed by atoms with van der Waals surface area (Å²) in [5.74, 6) is 0.111. The molecule has 1 aliphatic rings. The molecule has 1 saturated carbocycles. The van der Waals surface area contributed by atoms with Crippen LogP contribution in [0.1, 0.15) is 24.0 Å². The molecule has 1 amide bonds.